The van der Waals surface area contributed by atoms with Gasteiger partial charge in [0.2, 0.25) is 0 Å². The number of halogens is 3. The van der Waals surface area contributed by atoms with Crippen LogP contribution in [0.5, 0.6) is 0 Å². The lowest BCUT2D eigenvalue weighted by Crippen LogP contribution is -2.44. The third-order valence-corrected chi connectivity index (χ3v) is 7.71. The lowest BCUT2D eigenvalue weighted by molar-refractivity contribution is -0.137. The monoisotopic (exact) mass is 603 g/mol. The first-order chi connectivity index (χ1) is 21.1. The van der Waals surface area contributed by atoms with Crippen molar-refractivity contribution in [3.63, 3.8) is 0 Å². The second-order valence-electron chi connectivity index (χ2n) is 11.2. The zero-order chi connectivity index (χ0) is 30.8. The van der Waals surface area contributed by atoms with E-state index in [1.165, 1.54) is 18.7 Å². The van der Waals surface area contributed by atoms with Crippen molar-refractivity contribution in [3.05, 3.63) is 78.0 Å². The molecule has 1 saturated carbocycles. The molecule has 6 rings (SSSR count). The number of rotatable bonds is 8. The molecule has 2 aromatic carbocycles. The maximum absolute atomic E-state index is 13.8. The van der Waals surface area contributed by atoms with E-state index >= 15 is 0 Å². The molecule has 0 atom stereocenters. The number of amides is 1. The zero-order valence-electron chi connectivity index (χ0n) is 24.3. The summed E-state index contributed by atoms with van der Waals surface area (Å²) in [7, 11) is 1.97. The molecule has 0 bridgehead atoms. The van der Waals surface area contributed by atoms with Gasteiger partial charge in [-0.25, -0.2) is 19.9 Å². The fraction of sp³-hybridized carbons (Fsp3) is 0.323. The summed E-state index contributed by atoms with van der Waals surface area (Å²) in [4.78, 5) is 34.6. The van der Waals surface area contributed by atoms with Gasteiger partial charge in [0.25, 0.3) is 5.91 Å². The fourth-order valence-electron chi connectivity index (χ4n) is 4.96. The van der Waals surface area contributed by atoms with Crippen LogP contribution in [0.4, 0.5) is 41.9 Å². The summed E-state index contributed by atoms with van der Waals surface area (Å²) in [6.07, 6.45) is 2.19. The molecule has 0 radical (unpaired) electrons. The van der Waals surface area contributed by atoms with Crippen molar-refractivity contribution in [2.45, 2.75) is 32.0 Å². The summed E-state index contributed by atoms with van der Waals surface area (Å²) in [6, 6.07) is 11.0. The highest BCUT2D eigenvalue weighted by Gasteiger charge is 2.33. The first kappa shape index (κ1) is 29.3. The summed E-state index contributed by atoms with van der Waals surface area (Å²) >= 11 is 0. The van der Waals surface area contributed by atoms with E-state index in [1.54, 1.807) is 18.3 Å². The number of anilines is 5. The van der Waals surface area contributed by atoms with Crippen LogP contribution >= 0.6 is 0 Å². The highest BCUT2D eigenvalue weighted by Crippen LogP contribution is 2.34. The molecule has 44 heavy (non-hydrogen) atoms. The molecule has 1 saturated heterocycles. The molecule has 3 heterocycles. The third-order valence-electron chi connectivity index (χ3n) is 7.71. The van der Waals surface area contributed by atoms with Gasteiger partial charge in [0.15, 0.2) is 0 Å². The van der Waals surface area contributed by atoms with E-state index in [4.69, 9.17) is 0 Å². The van der Waals surface area contributed by atoms with Crippen LogP contribution in [0.2, 0.25) is 0 Å². The smallest absolute Gasteiger partial charge is 0.369 e. The van der Waals surface area contributed by atoms with Crippen molar-refractivity contribution in [1.82, 2.24) is 24.8 Å². The second-order valence-corrected chi connectivity index (χ2v) is 11.2. The first-order valence-electron chi connectivity index (χ1n) is 14.4. The lowest BCUT2D eigenvalue weighted by Gasteiger charge is -2.34. The molecule has 4 aromatic rings. The fourth-order valence-corrected chi connectivity index (χ4v) is 4.96. The minimum Gasteiger partial charge on any atom is -0.369 e. The number of carbonyl (C=O) groups excluding carboxylic acids is 1. The lowest BCUT2D eigenvalue weighted by atomic mass is 10.1. The van der Waals surface area contributed by atoms with E-state index in [9.17, 15) is 18.0 Å². The molecule has 10 nitrogen and oxygen atoms in total. The van der Waals surface area contributed by atoms with Crippen molar-refractivity contribution >= 4 is 34.6 Å². The standard InChI is InChI=1S/C31H32F3N9O/c1-19-3-4-23(40-30(44)20-11-21(31(32,33)34)13-24(12-20)43-9-7-42(2)8-10-43)14-26(19)41-29-25(16-35-17-38-29)27-15-28(37-18-36-27)39-22-5-6-22/h3-4,11-18,22H,5-10H2,1-2H3,(H,40,44)(H,35,38,41)(H,36,37,39). The van der Waals surface area contributed by atoms with Crippen LogP contribution < -0.4 is 20.9 Å². The molecule has 1 aliphatic carbocycles. The number of benzene rings is 2. The van der Waals surface area contributed by atoms with Gasteiger partial charge in [0, 0.05) is 67.1 Å². The molecule has 13 heteroatoms. The Morgan fingerprint density at radius 2 is 1.75 bits per heavy atom. The maximum Gasteiger partial charge on any atom is 0.416 e. The maximum atomic E-state index is 13.8. The molecular formula is C31H32F3N9O. The average Bonchev–Trinajstić information content (AvgIpc) is 3.83. The molecule has 2 aromatic heterocycles. The Balaban J connectivity index is 1.24. The minimum atomic E-state index is -4.59. The summed E-state index contributed by atoms with van der Waals surface area (Å²) in [5.41, 5.74) is 2.66. The average molecular weight is 604 g/mol. The van der Waals surface area contributed by atoms with Crippen molar-refractivity contribution in [2.24, 2.45) is 0 Å². The van der Waals surface area contributed by atoms with E-state index in [0.29, 0.717) is 53.3 Å². The molecular weight excluding hydrogens is 571 g/mol. The van der Waals surface area contributed by atoms with Gasteiger partial charge in [-0.3, -0.25) is 4.79 Å². The second kappa shape index (κ2) is 12.1. The number of nitrogens with zero attached hydrogens (tertiary/aromatic N) is 6. The number of piperazine rings is 1. The number of aromatic nitrogens is 4. The van der Waals surface area contributed by atoms with E-state index in [-0.39, 0.29) is 5.56 Å². The Morgan fingerprint density at radius 3 is 2.50 bits per heavy atom. The van der Waals surface area contributed by atoms with Gasteiger partial charge in [-0.1, -0.05) is 6.07 Å². The quantitative estimate of drug-likeness (QED) is 0.238. The Kier molecular flexibility index (Phi) is 8.04. The molecule has 0 spiro atoms. The number of carbonyl (C=O) groups is 1. The molecule has 1 amide bonds. The largest absolute Gasteiger partial charge is 0.416 e. The van der Waals surface area contributed by atoms with Gasteiger partial charge in [0.05, 0.1) is 16.8 Å². The van der Waals surface area contributed by atoms with Crippen LogP contribution in [0.15, 0.2) is 61.3 Å². The number of alkyl halides is 3. The summed E-state index contributed by atoms with van der Waals surface area (Å²) in [6.45, 7) is 4.49. The van der Waals surface area contributed by atoms with Crippen LogP contribution in [-0.4, -0.2) is 70.0 Å². The van der Waals surface area contributed by atoms with Crippen molar-refractivity contribution in [2.75, 3.05) is 54.1 Å². The van der Waals surface area contributed by atoms with Crippen molar-refractivity contribution in [3.8, 4) is 11.3 Å². The van der Waals surface area contributed by atoms with E-state index in [0.717, 1.165) is 49.4 Å². The highest BCUT2D eigenvalue weighted by molar-refractivity contribution is 6.05. The normalized spacial score (nSPS) is 15.6. The Morgan fingerprint density at radius 1 is 0.955 bits per heavy atom. The summed E-state index contributed by atoms with van der Waals surface area (Å²) in [5.74, 6) is 0.580. The third kappa shape index (κ3) is 6.88. The predicted octanol–water partition coefficient (Wildman–Crippen LogP) is 5.58. The van der Waals surface area contributed by atoms with Crippen molar-refractivity contribution < 1.29 is 18.0 Å². The number of hydrogen-bond acceptors (Lipinski definition) is 9. The van der Waals surface area contributed by atoms with Gasteiger partial charge in [-0.2, -0.15) is 13.2 Å². The molecule has 2 aliphatic rings. The number of hydrogen-bond donors (Lipinski definition) is 3. The van der Waals surface area contributed by atoms with Gasteiger partial charge in [-0.05, 0) is 62.7 Å². The number of aryl methyl sites for hydroxylation is 1. The predicted molar refractivity (Wildman–Crippen MR) is 163 cm³/mol. The summed E-state index contributed by atoms with van der Waals surface area (Å²) < 4.78 is 41.5. The molecule has 228 valence electrons. The topological polar surface area (TPSA) is 111 Å². The Hall–Kier alpha value is -4.78. The van der Waals surface area contributed by atoms with Gasteiger partial charge in [-0.15, -0.1) is 0 Å². The Bertz CT molecular complexity index is 1670. The SMILES string of the molecule is Cc1ccc(NC(=O)c2cc(N3CCN(C)CC3)cc(C(F)(F)F)c2)cc1Nc1ncncc1-c1cc(NC2CC2)ncn1. The zero-order valence-corrected chi connectivity index (χ0v) is 24.3. The van der Waals surface area contributed by atoms with Gasteiger partial charge < -0.3 is 25.8 Å². The van der Waals surface area contributed by atoms with E-state index < -0.39 is 17.6 Å². The minimum absolute atomic E-state index is 0.0682. The Labute approximate surface area is 252 Å². The highest BCUT2D eigenvalue weighted by atomic mass is 19.4. The molecule has 1 aliphatic heterocycles. The van der Waals surface area contributed by atoms with Crippen molar-refractivity contribution in [1.29, 1.82) is 0 Å². The summed E-state index contributed by atoms with van der Waals surface area (Å²) in [5, 5.41) is 9.44. The molecule has 2 fully saturated rings. The van der Waals surface area contributed by atoms with Crippen LogP contribution in [0, 0.1) is 6.92 Å². The van der Waals surface area contributed by atoms with E-state index in [2.05, 4.69) is 40.8 Å². The van der Waals surface area contributed by atoms with Crippen LogP contribution in [-0.2, 0) is 6.18 Å². The number of nitrogens with one attached hydrogen (secondary N) is 3. The molecule has 0 unspecified atom stereocenters. The van der Waals surface area contributed by atoms with Crippen LogP contribution in [0.25, 0.3) is 11.3 Å². The first-order valence-corrected chi connectivity index (χ1v) is 14.4. The number of likely N-dealkylation sites (N-methyl/N-ethyl adjacent to an activating group) is 1. The van der Waals surface area contributed by atoms with Gasteiger partial charge in [0.1, 0.15) is 24.3 Å². The van der Waals surface area contributed by atoms with Crippen LogP contribution in [0.1, 0.15) is 34.3 Å². The molecule has 3 N–H and O–H groups in total. The van der Waals surface area contributed by atoms with Gasteiger partial charge >= 0.3 is 6.18 Å². The van der Waals surface area contributed by atoms with E-state index in [1.807, 2.05) is 31.0 Å². The van der Waals surface area contributed by atoms with Crippen LogP contribution in [0.3, 0.4) is 0 Å².